The molecule has 0 spiro atoms. The molecule has 0 saturated heterocycles. The highest BCUT2D eigenvalue weighted by molar-refractivity contribution is 6.33. The molecule has 0 bridgehead atoms. The third kappa shape index (κ3) is 2.18. The van der Waals surface area contributed by atoms with Gasteiger partial charge in [0.2, 0.25) is 5.88 Å². The molecule has 0 atom stereocenters. The first-order valence-electron chi connectivity index (χ1n) is 4.23. The van der Waals surface area contributed by atoms with Gasteiger partial charge in [0.15, 0.2) is 0 Å². The summed E-state index contributed by atoms with van der Waals surface area (Å²) in [5.74, 6) is -0.135. The number of rotatable bonds is 1. The molecule has 4 nitrogen and oxygen atoms in total. The van der Waals surface area contributed by atoms with Crippen LogP contribution in [-0.4, -0.2) is 16.2 Å². The Labute approximate surface area is 100 Å². The van der Waals surface area contributed by atoms with Gasteiger partial charge in [-0.25, -0.2) is 9.78 Å². The predicted octanol–water partition coefficient (Wildman–Crippen LogP) is 3.60. The van der Waals surface area contributed by atoms with E-state index in [1.54, 1.807) is 24.3 Å². The van der Waals surface area contributed by atoms with Crippen molar-refractivity contribution in [2.45, 2.75) is 0 Å². The van der Waals surface area contributed by atoms with E-state index in [-0.39, 0.29) is 10.9 Å². The lowest BCUT2D eigenvalue weighted by Gasteiger charge is -2.04. The molecule has 16 heavy (non-hydrogen) atoms. The Hall–Kier alpha value is -1.52. The monoisotopic (exact) mass is 257 g/mol. The van der Waals surface area contributed by atoms with Crippen molar-refractivity contribution in [3.05, 3.63) is 34.3 Å². The highest BCUT2D eigenvalue weighted by atomic mass is 35.5. The molecule has 1 aromatic carbocycles. The van der Waals surface area contributed by atoms with E-state index in [0.717, 1.165) is 5.39 Å². The third-order valence-corrected chi connectivity index (χ3v) is 2.39. The van der Waals surface area contributed by atoms with Crippen molar-refractivity contribution < 1.29 is 14.6 Å². The lowest BCUT2D eigenvalue weighted by Crippen LogP contribution is -2.05. The molecule has 0 fully saturated rings. The number of benzene rings is 1. The molecule has 0 aliphatic rings. The highest BCUT2D eigenvalue weighted by Gasteiger charge is 2.10. The first kappa shape index (κ1) is 11.0. The SMILES string of the molecule is O=C(O)Oc1nc2ccc(Cl)cc2cc1Cl. The highest BCUT2D eigenvalue weighted by Crippen LogP contribution is 2.28. The van der Waals surface area contributed by atoms with Crippen molar-refractivity contribution >= 4 is 40.3 Å². The number of hydrogen-bond donors (Lipinski definition) is 1. The Balaban J connectivity index is 2.58. The number of nitrogens with zero attached hydrogens (tertiary/aromatic N) is 1. The lowest BCUT2D eigenvalue weighted by atomic mass is 10.2. The molecule has 0 aliphatic heterocycles. The van der Waals surface area contributed by atoms with Crippen LogP contribution in [0.3, 0.4) is 0 Å². The molecule has 2 aromatic rings. The van der Waals surface area contributed by atoms with Gasteiger partial charge < -0.3 is 9.84 Å². The maximum atomic E-state index is 10.4. The molecular formula is C10H5Cl2NO3. The predicted molar refractivity (Wildman–Crippen MR) is 60.4 cm³/mol. The Morgan fingerprint density at radius 3 is 2.75 bits per heavy atom. The molecule has 82 valence electrons. The molecule has 6 heteroatoms. The zero-order valence-electron chi connectivity index (χ0n) is 7.78. The van der Waals surface area contributed by atoms with E-state index in [1.165, 1.54) is 0 Å². The van der Waals surface area contributed by atoms with Gasteiger partial charge in [-0.3, -0.25) is 0 Å². The van der Waals surface area contributed by atoms with Gasteiger partial charge in [0.05, 0.1) is 5.52 Å². The summed E-state index contributed by atoms with van der Waals surface area (Å²) in [5.41, 5.74) is 0.560. The molecule has 0 unspecified atom stereocenters. The van der Waals surface area contributed by atoms with Gasteiger partial charge in [0.1, 0.15) is 5.02 Å². The fourth-order valence-electron chi connectivity index (χ4n) is 1.26. The first-order chi connectivity index (χ1) is 7.56. The van der Waals surface area contributed by atoms with E-state index in [0.29, 0.717) is 10.5 Å². The minimum Gasteiger partial charge on any atom is -0.449 e. The Bertz CT molecular complexity index is 571. The Morgan fingerprint density at radius 1 is 1.31 bits per heavy atom. The quantitative estimate of drug-likeness (QED) is 0.794. The second kappa shape index (κ2) is 4.15. The van der Waals surface area contributed by atoms with Gasteiger partial charge in [-0.2, -0.15) is 0 Å². The minimum atomic E-state index is -1.46. The molecule has 0 amide bonds. The molecule has 1 heterocycles. The van der Waals surface area contributed by atoms with Gasteiger partial charge in [0.25, 0.3) is 0 Å². The molecule has 1 aromatic heterocycles. The minimum absolute atomic E-state index is 0.122. The smallest absolute Gasteiger partial charge is 0.449 e. The summed E-state index contributed by atoms with van der Waals surface area (Å²) < 4.78 is 4.42. The third-order valence-electron chi connectivity index (χ3n) is 1.88. The summed E-state index contributed by atoms with van der Waals surface area (Å²) in [7, 11) is 0. The fraction of sp³-hybridized carbons (Fsp3) is 0. The van der Waals surface area contributed by atoms with Gasteiger partial charge in [-0.1, -0.05) is 23.2 Å². The van der Waals surface area contributed by atoms with Crippen LogP contribution in [0.4, 0.5) is 4.79 Å². The topological polar surface area (TPSA) is 59.4 Å². The van der Waals surface area contributed by atoms with Crippen molar-refractivity contribution in [1.29, 1.82) is 0 Å². The summed E-state index contributed by atoms with van der Waals surface area (Å²) in [6, 6.07) is 6.53. The van der Waals surface area contributed by atoms with Crippen molar-refractivity contribution in [3.63, 3.8) is 0 Å². The van der Waals surface area contributed by atoms with Crippen LogP contribution in [0.15, 0.2) is 24.3 Å². The van der Waals surface area contributed by atoms with Gasteiger partial charge in [0, 0.05) is 10.4 Å². The van der Waals surface area contributed by atoms with Crippen LogP contribution in [0.1, 0.15) is 0 Å². The molecule has 0 aliphatic carbocycles. The Morgan fingerprint density at radius 2 is 2.06 bits per heavy atom. The maximum Gasteiger partial charge on any atom is 0.512 e. The van der Waals surface area contributed by atoms with Crippen LogP contribution < -0.4 is 4.74 Å². The van der Waals surface area contributed by atoms with Gasteiger partial charge in [-0.05, 0) is 24.3 Å². The number of halogens is 2. The van der Waals surface area contributed by atoms with Crippen molar-refractivity contribution in [1.82, 2.24) is 4.98 Å². The summed E-state index contributed by atoms with van der Waals surface area (Å²) in [4.78, 5) is 14.3. The summed E-state index contributed by atoms with van der Waals surface area (Å²) in [5, 5.41) is 9.86. The van der Waals surface area contributed by atoms with Crippen molar-refractivity contribution in [2.75, 3.05) is 0 Å². The van der Waals surface area contributed by atoms with E-state index >= 15 is 0 Å². The number of pyridine rings is 1. The Kier molecular flexibility index (Phi) is 2.85. The second-order valence-corrected chi connectivity index (χ2v) is 3.82. The zero-order chi connectivity index (χ0) is 11.7. The van der Waals surface area contributed by atoms with Crippen LogP contribution in [0.2, 0.25) is 10.0 Å². The fourth-order valence-corrected chi connectivity index (χ4v) is 1.64. The van der Waals surface area contributed by atoms with E-state index in [1.807, 2.05) is 0 Å². The van der Waals surface area contributed by atoms with Crippen LogP contribution >= 0.6 is 23.2 Å². The molecular weight excluding hydrogens is 253 g/mol. The van der Waals surface area contributed by atoms with E-state index in [9.17, 15) is 4.79 Å². The van der Waals surface area contributed by atoms with Gasteiger partial charge in [-0.15, -0.1) is 0 Å². The van der Waals surface area contributed by atoms with Crippen LogP contribution in [-0.2, 0) is 0 Å². The van der Waals surface area contributed by atoms with Gasteiger partial charge >= 0.3 is 6.16 Å². The summed E-state index contributed by atoms with van der Waals surface area (Å²) in [6.07, 6.45) is -1.46. The molecule has 0 saturated carbocycles. The average Bonchev–Trinajstić information content (AvgIpc) is 2.19. The van der Waals surface area contributed by atoms with E-state index in [4.69, 9.17) is 28.3 Å². The average molecular weight is 258 g/mol. The van der Waals surface area contributed by atoms with Crippen LogP contribution in [0, 0.1) is 0 Å². The largest absolute Gasteiger partial charge is 0.512 e. The van der Waals surface area contributed by atoms with E-state index < -0.39 is 6.16 Å². The maximum absolute atomic E-state index is 10.4. The number of fused-ring (bicyclic) bond motifs is 1. The number of carboxylic acid groups (broad SMARTS) is 1. The van der Waals surface area contributed by atoms with Crippen molar-refractivity contribution in [3.8, 4) is 5.88 Å². The number of carbonyl (C=O) groups is 1. The van der Waals surface area contributed by atoms with Crippen LogP contribution in [0.25, 0.3) is 10.9 Å². The summed E-state index contributed by atoms with van der Waals surface area (Å²) >= 11 is 11.6. The lowest BCUT2D eigenvalue weighted by molar-refractivity contribution is 0.142. The second-order valence-electron chi connectivity index (χ2n) is 2.98. The number of ether oxygens (including phenoxy) is 1. The standard InChI is InChI=1S/C10H5Cl2NO3/c11-6-1-2-8-5(3-6)4-7(12)9(13-8)16-10(14)15/h1-4H,(H,14,15). The number of aromatic nitrogens is 1. The molecule has 1 N–H and O–H groups in total. The normalized spacial score (nSPS) is 10.4. The summed E-state index contributed by atoms with van der Waals surface area (Å²) in [6.45, 7) is 0. The first-order valence-corrected chi connectivity index (χ1v) is 4.98. The number of hydrogen-bond acceptors (Lipinski definition) is 3. The molecule has 0 radical (unpaired) electrons. The zero-order valence-corrected chi connectivity index (χ0v) is 9.29. The van der Waals surface area contributed by atoms with Crippen LogP contribution in [0.5, 0.6) is 5.88 Å². The molecule has 2 rings (SSSR count). The van der Waals surface area contributed by atoms with E-state index in [2.05, 4.69) is 9.72 Å². The van der Waals surface area contributed by atoms with Crippen molar-refractivity contribution in [2.24, 2.45) is 0 Å².